The van der Waals surface area contributed by atoms with Crippen molar-refractivity contribution in [3.8, 4) is 0 Å². The van der Waals surface area contributed by atoms with Crippen LogP contribution in [-0.4, -0.2) is 20.2 Å². The zero-order valence-electron chi connectivity index (χ0n) is 13.5. The smallest absolute Gasteiger partial charge is 0.254 e. The van der Waals surface area contributed by atoms with Gasteiger partial charge in [0, 0.05) is 0 Å². The molecule has 0 atom stereocenters. The van der Waals surface area contributed by atoms with E-state index in [0.29, 0.717) is 18.2 Å². The van der Waals surface area contributed by atoms with E-state index in [2.05, 4.69) is 61.7 Å². The highest BCUT2D eigenvalue weighted by molar-refractivity contribution is 5.63. The maximum atomic E-state index is 5.68. The number of allylic oxidation sites excluding steroid dienone is 1. The normalized spacial score (nSPS) is 13.0. The zero-order valence-corrected chi connectivity index (χ0v) is 13.5. The average Bonchev–Trinajstić information content (AvgIpc) is 2.46. The predicted molar refractivity (Wildman–Crippen MR) is 87.7 cm³/mol. The van der Waals surface area contributed by atoms with Crippen molar-refractivity contribution in [2.45, 2.75) is 39.7 Å². The molecule has 0 spiro atoms. The first-order valence-electron chi connectivity index (χ1n) is 6.84. The SMILES string of the molecule is C=N/C=N\C(OCc1ccc(C(C)(C)C)cc1)=C(/C)OC. The van der Waals surface area contributed by atoms with Crippen LogP contribution >= 0.6 is 0 Å². The van der Waals surface area contributed by atoms with E-state index in [1.165, 1.54) is 11.9 Å². The van der Waals surface area contributed by atoms with Crippen LogP contribution in [0.3, 0.4) is 0 Å². The van der Waals surface area contributed by atoms with Gasteiger partial charge in [-0.3, -0.25) is 4.99 Å². The lowest BCUT2D eigenvalue weighted by Gasteiger charge is -2.19. The van der Waals surface area contributed by atoms with Gasteiger partial charge in [0.2, 0.25) is 0 Å². The molecule has 21 heavy (non-hydrogen) atoms. The lowest BCUT2D eigenvalue weighted by atomic mass is 9.87. The van der Waals surface area contributed by atoms with Gasteiger partial charge in [0.05, 0.1) is 7.11 Å². The van der Waals surface area contributed by atoms with E-state index >= 15 is 0 Å². The summed E-state index contributed by atoms with van der Waals surface area (Å²) in [5.41, 5.74) is 2.52. The Bertz CT molecular complexity index is 523. The van der Waals surface area contributed by atoms with E-state index in [9.17, 15) is 0 Å². The average molecular weight is 288 g/mol. The summed E-state index contributed by atoms with van der Waals surface area (Å²) in [6.45, 7) is 12.1. The molecule has 0 aliphatic rings. The number of benzene rings is 1. The Morgan fingerprint density at radius 3 is 2.33 bits per heavy atom. The number of hydrogen-bond donors (Lipinski definition) is 0. The fourth-order valence-corrected chi connectivity index (χ4v) is 1.66. The summed E-state index contributed by atoms with van der Waals surface area (Å²) in [5.74, 6) is 1.01. The topological polar surface area (TPSA) is 43.2 Å². The van der Waals surface area contributed by atoms with Crippen LogP contribution in [0.25, 0.3) is 0 Å². The molecule has 1 aromatic carbocycles. The van der Waals surface area contributed by atoms with Gasteiger partial charge in [0.15, 0.2) is 5.76 Å². The minimum Gasteiger partial charge on any atom is -0.496 e. The first kappa shape index (κ1) is 17.0. The predicted octanol–water partition coefficient (Wildman–Crippen LogP) is 4.07. The molecule has 0 amide bonds. The summed E-state index contributed by atoms with van der Waals surface area (Å²) < 4.78 is 10.8. The third-order valence-corrected chi connectivity index (χ3v) is 3.06. The van der Waals surface area contributed by atoms with Crippen molar-refractivity contribution in [3.05, 3.63) is 47.0 Å². The van der Waals surface area contributed by atoms with Crippen LogP contribution in [-0.2, 0) is 21.5 Å². The molecule has 4 nitrogen and oxygen atoms in total. The third kappa shape index (κ3) is 5.42. The number of methoxy groups -OCH3 is 1. The number of ether oxygens (including phenoxy) is 2. The molecule has 0 saturated heterocycles. The van der Waals surface area contributed by atoms with Crippen molar-refractivity contribution in [3.63, 3.8) is 0 Å². The molecule has 0 fully saturated rings. The number of hydrogen-bond acceptors (Lipinski definition) is 3. The highest BCUT2D eigenvalue weighted by atomic mass is 16.5. The van der Waals surface area contributed by atoms with Crippen LogP contribution in [0.5, 0.6) is 0 Å². The third-order valence-electron chi connectivity index (χ3n) is 3.06. The van der Waals surface area contributed by atoms with E-state index in [1.54, 1.807) is 14.0 Å². The van der Waals surface area contributed by atoms with Crippen molar-refractivity contribution in [1.82, 2.24) is 0 Å². The highest BCUT2D eigenvalue weighted by Crippen LogP contribution is 2.22. The summed E-state index contributed by atoms with van der Waals surface area (Å²) in [6, 6.07) is 8.38. The maximum Gasteiger partial charge on any atom is 0.254 e. The molecule has 1 aromatic rings. The van der Waals surface area contributed by atoms with Gasteiger partial charge in [-0.05, 0) is 30.2 Å². The van der Waals surface area contributed by atoms with Gasteiger partial charge in [-0.2, -0.15) is 4.99 Å². The molecule has 1 rings (SSSR count). The highest BCUT2D eigenvalue weighted by Gasteiger charge is 2.13. The van der Waals surface area contributed by atoms with Crippen molar-refractivity contribution in [2.75, 3.05) is 7.11 Å². The monoisotopic (exact) mass is 288 g/mol. The van der Waals surface area contributed by atoms with E-state index in [4.69, 9.17) is 9.47 Å². The lowest BCUT2D eigenvalue weighted by molar-refractivity contribution is 0.165. The van der Waals surface area contributed by atoms with Gasteiger partial charge in [-0.1, -0.05) is 45.0 Å². The summed E-state index contributed by atoms with van der Waals surface area (Å²) in [4.78, 5) is 7.64. The molecule has 0 saturated carbocycles. The Labute approximate surface area is 127 Å². The molecule has 0 aromatic heterocycles. The van der Waals surface area contributed by atoms with Crippen LogP contribution in [0.15, 0.2) is 45.9 Å². The Morgan fingerprint density at radius 2 is 1.86 bits per heavy atom. The second kappa shape index (κ2) is 7.62. The van der Waals surface area contributed by atoms with Gasteiger partial charge in [-0.15, -0.1) is 0 Å². The van der Waals surface area contributed by atoms with Crippen LogP contribution in [0, 0.1) is 0 Å². The van der Waals surface area contributed by atoms with Crippen molar-refractivity contribution in [1.29, 1.82) is 0 Å². The Balaban J connectivity index is 2.77. The second-order valence-electron chi connectivity index (χ2n) is 5.73. The quantitative estimate of drug-likeness (QED) is 0.450. The van der Waals surface area contributed by atoms with E-state index in [1.807, 2.05) is 0 Å². The van der Waals surface area contributed by atoms with Gasteiger partial charge >= 0.3 is 0 Å². The van der Waals surface area contributed by atoms with Crippen LogP contribution in [0.2, 0.25) is 0 Å². The second-order valence-corrected chi connectivity index (χ2v) is 5.73. The minimum absolute atomic E-state index is 0.150. The first-order chi connectivity index (χ1) is 9.88. The number of rotatable bonds is 6. The van der Waals surface area contributed by atoms with Gasteiger partial charge in [-0.25, -0.2) is 0 Å². The largest absolute Gasteiger partial charge is 0.496 e. The van der Waals surface area contributed by atoms with Gasteiger partial charge in [0.1, 0.15) is 12.9 Å². The summed E-state index contributed by atoms with van der Waals surface area (Å²) >= 11 is 0. The summed E-state index contributed by atoms with van der Waals surface area (Å²) in [5, 5.41) is 0. The Hall–Kier alpha value is -2.10. The summed E-state index contributed by atoms with van der Waals surface area (Å²) in [7, 11) is 1.58. The van der Waals surface area contributed by atoms with Crippen LogP contribution in [0.1, 0.15) is 38.8 Å². The van der Waals surface area contributed by atoms with Crippen LogP contribution in [0.4, 0.5) is 0 Å². The summed E-state index contributed by atoms with van der Waals surface area (Å²) in [6.07, 6.45) is 1.33. The van der Waals surface area contributed by atoms with E-state index in [-0.39, 0.29) is 5.41 Å². The van der Waals surface area contributed by atoms with E-state index < -0.39 is 0 Å². The molecular weight excluding hydrogens is 264 g/mol. The molecule has 0 radical (unpaired) electrons. The van der Waals surface area contributed by atoms with Gasteiger partial charge in [0.25, 0.3) is 5.88 Å². The number of nitrogens with zero attached hydrogens (tertiary/aromatic N) is 2. The first-order valence-corrected chi connectivity index (χ1v) is 6.84. The molecular formula is C17H24N2O2. The minimum atomic E-state index is 0.150. The molecule has 114 valence electrons. The Morgan fingerprint density at radius 1 is 1.24 bits per heavy atom. The standard InChI is InChI=1S/C17H24N2O2/c1-13(20-6)16(19-12-18-5)21-11-14-7-9-15(10-8-14)17(2,3)4/h7-10,12H,5,11H2,1-4,6H3/b16-13-,19-12-. The lowest BCUT2D eigenvalue weighted by Crippen LogP contribution is -2.10. The van der Waals surface area contributed by atoms with E-state index in [0.717, 1.165) is 5.56 Å². The molecule has 0 aliphatic carbocycles. The van der Waals surface area contributed by atoms with Crippen LogP contribution < -0.4 is 0 Å². The van der Waals surface area contributed by atoms with Crippen molar-refractivity contribution < 1.29 is 9.47 Å². The molecule has 4 heteroatoms. The van der Waals surface area contributed by atoms with Gasteiger partial charge < -0.3 is 9.47 Å². The maximum absolute atomic E-state index is 5.68. The van der Waals surface area contributed by atoms with Crippen molar-refractivity contribution in [2.24, 2.45) is 9.98 Å². The fraction of sp³-hybridized carbons (Fsp3) is 0.412. The number of aliphatic imine (C=N–C) groups is 2. The molecule has 0 N–H and O–H groups in total. The molecule has 0 bridgehead atoms. The molecule has 0 unspecified atom stereocenters. The molecule has 0 aliphatic heterocycles. The Kier molecular flexibility index (Phi) is 6.15. The van der Waals surface area contributed by atoms with Crippen molar-refractivity contribution >= 4 is 13.1 Å². The molecule has 0 heterocycles. The fourth-order valence-electron chi connectivity index (χ4n) is 1.66. The zero-order chi connectivity index (χ0) is 15.9.